The minimum Gasteiger partial charge on any atom is -0.497 e. The molecule has 28 heavy (non-hydrogen) atoms. The van der Waals surface area contributed by atoms with E-state index in [1.54, 1.807) is 35.5 Å². The average molecular weight is 399 g/mol. The Morgan fingerprint density at radius 3 is 2.68 bits per heavy atom. The van der Waals surface area contributed by atoms with Crippen LogP contribution in [0.2, 0.25) is 0 Å². The van der Waals surface area contributed by atoms with Gasteiger partial charge in [0.05, 0.1) is 13.7 Å². The Hall–Kier alpha value is -2.87. The molecule has 2 aromatic rings. The van der Waals surface area contributed by atoms with Crippen molar-refractivity contribution in [1.82, 2.24) is 15.5 Å². The molecule has 0 spiro atoms. The summed E-state index contributed by atoms with van der Waals surface area (Å²) in [5.74, 6) is 0.184. The third kappa shape index (κ3) is 3.24. The first kappa shape index (κ1) is 18.5. The van der Waals surface area contributed by atoms with E-state index < -0.39 is 17.5 Å². The molecule has 3 heterocycles. The number of carbonyl (C=O) groups is 3. The van der Waals surface area contributed by atoms with E-state index in [0.29, 0.717) is 30.7 Å². The van der Waals surface area contributed by atoms with Gasteiger partial charge in [-0.1, -0.05) is 0 Å². The van der Waals surface area contributed by atoms with Crippen LogP contribution >= 0.6 is 11.3 Å². The smallest absolute Gasteiger partial charge is 0.322 e. The third-order valence-electron chi connectivity index (χ3n) is 5.23. The number of imide groups is 1. The van der Waals surface area contributed by atoms with E-state index in [4.69, 9.17) is 4.74 Å². The molecule has 4 rings (SSSR count). The van der Waals surface area contributed by atoms with Crippen molar-refractivity contribution in [3.63, 3.8) is 0 Å². The van der Waals surface area contributed by atoms with Gasteiger partial charge in [-0.2, -0.15) is 0 Å². The van der Waals surface area contributed by atoms with Crippen LogP contribution in [0.15, 0.2) is 30.3 Å². The average Bonchev–Trinajstić information content (AvgIpc) is 3.19. The van der Waals surface area contributed by atoms with Gasteiger partial charge in [0, 0.05) is 28.3 Å². The SMILES string of the molecule is COc1ccc2c(c1)CCN(C[C@]1(Cc3ccc(C)s3)NC(=O)NC1=O)C2=O. The zero-order chi connectivity index (χ0) is 19.9. The van der Waals surface area contributed by atoms with Gasteiger partial charge in [0.15, 0.2) is 0 Å². The number of hydrogen-bond acceptors (Lipinski definition) is 5. The summed E-state index contributed by atoms with van der Waals surface area (Å²) in [7, 11) is 1.59. The maximum Gasteiger partial charge on any atom is 0.322 e. The molecule has 4 amide bonds. The molecule has 8 heteroatoms. The Bertz CT molecular complexity index is 970. The van der Waals surface area contributed by atoms with Crippen LogP contribution in [0, 0.1) is 6.92 Å². The highest BCUT2D eigenvalue weighted by atomic mass is 32.1. The molecule has 0 saturated carbocycles. The van der Waals surface area contributed by atoms with Gasteiger partial charge in [-0.25, -0.2) is 4.79 Å². The highest BCUT2D eigenvalue weighted by Crippen LogP contribution is 2.28. The van der Waals surface area contributed by atoms with Crippen LogP contribution in [0.25, 0.3) is 0 Å². The molecule has 1 aromatic heterocycles. The van der Waals surface area contributed by atoms with Crippen molar-refractivity contribution >= 4 is 29.2 Å². The quantitative estimate of drug-likeness (QED) is 0.752. The summed E-state index contributed by atoms with van der Waals surface area (Å²) < 4.78 is 5.24. The second kappa shape index (κ2) is 6.94. The lowest BCUT2D eigenvalue weighted by Gasteiger charge is -2.35. The molecule has 0 aliphatic carbocycles. The van der Waals surface area contributed by atoms with E-state index in [9.17, 15) is 14.4 Å². The van der Waals surface area contributed by atoms with Crippen LogP contribution < -0.4 is 15.4 Å². The number of fused-ring (bicyclic) bond motifs is 1. The molecule has 2 N–H and O–H groups in total. The predicted octanol–water partition coefficient (Wildman–Crippen LogP) is 1.88. The zero-order valence-electron chi connectivity index (χ0n) is 15.7. The largest absolute Gasteiger partial charge is 0.497 e. The predicted molar refractivity (Wildman–Crippen MR) is 105 cm³/mol. The maximum absolute atomic E-state index is 13.0. The van der Waals surface area contributed by atoms with Crippen LogP contribution in [0.5, 0.6) is 5.75 Å². The Morgan fingerprint density at radius 2 is 2.04 bits per heavy atom. The fourth-order valence-electron chi connectivity index (χ4n) is 3.81. The molecule has 2 aliphatic heterocycles. The van der Waals surface area contributed by atoms with Crippen LogP contribution in [0.3, 0.4) is 0 Å². The van der Waals surface area contributed by atoms with E-state index in [0.717, 1.165) is 15.3 Å². The zero-order valence-corrected chi connectivity index (χ0v) is 16.5. The van der Waals surface area contributed by atoms with Crippen LogP contribution in [0.1, 0.15) is 25.7 Å². The summed E-state index contributed by atoms with van der Waals surface area (Å²) in [6.07, 6.45) is 1.02. The lowest BCUT2D eigenvalue weighted by molar-refractivity contribution is -0.124. The van der Waals surface area contributed by atoms with Gasteiger partial charge in [-0.05, 0) is 49.2 Å². The first-order valence-electron chi connectivity index (χ1n) is 9.05. The van der Waals surface area contributed by atoms with Gasteiger partial charge in [0.2, 0.25) is 0 Å². The summed E-state index contributed by atoms with van der Waals surface area (Å²) in [5, 5.41) is 5.11. The van der Waals surface area contributed by atoms with Crippen molar-refractivity contribution in [1.29, 1.82) is 0 Å². The monoisotopic (exact) mass is 399 g/mol. The molecule has 1 aromatic carbocycles. The topological polar surface area (TPSA) is 87.7 Å². The van der Waals surface area contributed by atoms with Crippen molar-refractivity contribution in [3.8, 4) is 5.75 Å². The van der Waals surface area contributed by atoms with Crippen LogP contribution in [-0.4, -0.2) is 48.5 Å². The van der Waals surface area contributed by atoms with E-state index in [1.165, 1.54) is 0 Å². The number of nitrogens with one attached hydrogen (secondary N) is 2. The Balaban J connectivity index is 1.61. The van der Waals surface area contributed by atoms with Crippen LogP contribution in [0.4, 0.5) is 4.79 Å². The van der Waals surface area contributed by atoms with Crippen molar-refractivity contribution in [2.24, 2.45) is 0 Å². The number of hydrogen-bond donors (Lipinski definition) is 2. The number of benzene rings is 1. The number of rotatable bonds is 5. The first-order valence-corrected chi connectivity index (χ1v) is 9.87. The van der Waals surface area contributed by atoms with Crippen molar-refractivity contribution in [3.05, 3.63) is 51.2 Å². The molecular formula is C20H21N3O4S. The Labute approximate surface area is 166 Å². The third-order valence-corrected chi connectivity index (χ3v) is 6.23. The fraction of sp³-hybridized carbons (Fsp3) is 0.350. The summed E-state index contributed by atoms with van der Waals surface area (Å²) in [6.45, 7) is 2.60. The fourth-order valence-corrected chi connectivity index (χ4v) is 4.82. The van der Waals surface area contributed by atoms with Crippen molar-refractivity contribution in [2.75, 3.05) is 20.2 Å². The van der Waals surface area contributed by atoms with Gasteiger partial charge in [-0.3, -0.25) is 14.9 Å². The van der Waals surface area contributed by atoms with Gasteiger partial charge in [0.25, 0.3) is 11.8 Å². The summed E-state index contributed by atoms with van der Waals surface area (Å²) >= 11 is 1.58. The standard InChI is InChI=1S/C20H21N3O4S/c1-12-3-5-15(28-12)10-20(18(25)21-19(26)22-20)11-23-8-7-13-9-14(27-2)4-6-16(13)17(23)24/h3-6,9H,7-8,10-11H2,1-2H3,(H2,21,22,25,26)/t20-/m0/s1. The van der Waals surface area contributed by atoms with Gasteiger partial charge in [0.1, 0.15) is 11.3 Å². The number of nitrogens with zero attached hydrogens (tertiary/aromatic N) is 1. The lowest BCUT2D eigenvalue weighted by atomic mass is 9.91. The number of amides is 4. The highest BCUT2D eigenvalue weighted by molar-refractivity contribution is 7.11. The van der Waals surface area contributed by atoms with Crippen molar-refractivity contribution in [2.45, 2.75) is 25.3 Å². The summed E-state index contributed by atoms with van der Waals surface area (Å²) in [5.41, 5.74) is 0.385. The molecular weight excluding hydrogens is 378 g/mol. The molecule has 7 nitrogen and oxygen atoms in total. The molecule has 0 bridgehead atoms. The van der Waals surface area contributed by atoms with Gasteiger partial charge < -0.3 is 15.0 Å². The molecule has 1 atom stereocenters. The first-order chi connectivity index (χ1) is 13.4. The maximum atomic E-state index is 13.0. The van der Waals surface area contributed by atoms with Crippen LogP contribution in [-0.2, 0) is 17.6 Å². The molecule has 146 valence electrons. The number of ether oxygens (including phenoxy) is 1. The highest BCUT2D eigenvalue weighted by Gasteiger charge is 2.48. The summed E-state index contributed by atoms with van der Waals surface area (Å²) in [6, 6.07) is 8.81. The Morgan fingerprint density at radius 1 is 1.21 bits per heavy atom. The lowest BCUT2D eigenvalue weighted by Crippen LogP contribution is -2.58. The number of thiophene rings is 1. The van der Waals surface area contributed by atoms with E-state index in [1.807, 2.05) is 25.1 Å². The minimum absolute atomic E-state index is 0.131. The number of urea groups is 1. The van der Waals surface area contributed by atoms with E-state index in [-0.39, 0.29) is 12.5 Å². The van der Waals surface area contributed by atoms with E-state index >= 15 is 0 Å². The van der Waals surface area contributed by atoms with Gasteiger partial charge >= 0.3 is 6.03 Å². The number of aryl methyl sites for hydroxylation is 1. The Kier molecular flexibility index (Phi) is 4.58. The second-order valence-corrected chi connectivity index (χ2v) is 8.55. The minimum atomic E-state index is -1.16. The number of carbonyl (C=O) groups excluding carboxylic acids is 3. The van der Waals surface area contributed by atoms with Gasteiger partial charge in [-0.15, -0.1) is 11.3 Å². The second-order valence-electron chi connectivity index (χ2n) is 7.18. The number of methoxy groups -OCH3 is 1. The van der Waals surface area contributed by atoms with Crippen molar-refractivity contribution < 1.29 is 19.1 Å². The normalized spacial score (nSPS) is 21.4. The molecule has 1 fully saturated rings. The summed E-state index contributed by atoms with van der Waals surface area (Å²) in [4.78, 5) is 41.4. The van der Waals surface area contributed by atoms with E-state index in [2.05, 4.69) is 10.6 Å². The molecule has 0 radical (unpaired) electrons. The molecule has 2 aliphatic rings. The molecule has 0 unspecified atom stereocenters. The molecule has 1 saturated heterocycles.